The zero-order valence-corrected chi connectivity index (χ0v) is 8.20. The molecule has 1 heterocycles. The molecule has 0 nitrogen and oxygen atoms in total. The Balaban J connectivity index is 3.20. The van der Waals surface area contributed by atoms with E-state index in [1.807, 2.05) is 13.8 Å². The van der Waals surface area contributed by atoms with Gasteiger partial charge in [-0.1, -0.05) is 11.6 Å². The average Bonchev–Trinajstić information content (AvgIpc) is 2.09. The van der Waals surface area contributed by atoms with Crippen LogP contribution in [0.4, 0.5) is 0 Å². The van der Waals surface area contributed by atoms with Gasteiger partial charge in [-0.05, 0) is 25.0 Å². The van der Waals surface area contributed by atoms with E-state index in [1.165, 1.54) is 10.4 Å². The molecular weight excluding hydrogens is 187 g/mol. The van der Waals surface area contributed by atoms with Gasteiger partial charge in [0.25, 0.3) is 0 Å². The van der Waals surface area contributed by atoms with E-state index in [4.69, 9.17) is 23.2 Å². The lowest BCUT2D eigenvalue weighted by Crippen LogP contribution is -1.79. The van der Waals surface area contributed by atoms with Crippen molar-refractivity contribution in [3.05, 3.63) is 20.3 Å². The quantitative estimate of drug-likeness (QED) is 0.598. The maximum absolute atomic E-state index is 5.87. The van der Waals surface area contributed by atoms with E-state index in [-0.39, 0.29) is 0 Å². The first-order valence-electron chi connectivity index (χ1n) is 2.97. The third kappa shape index (κ3) is 1.31. The summed E-state index contributed by atoms with van der Waals surface area (Å²) in [6.07, 6.45) is 0. The smallest absolute Gasteiger partial charge is 0.0963 e. The van der Waals surface area contributed by atoms with Crippen molar-refractivity contribution in [1.82, 2.24) is 0 Å². The van der Waals surface area contributed by atoms with Gasteiger partial charge in [0, 0.05) is 10.8 Å². The molecular formula is C7H8Cl2S. The van der Waals surface area contributed by atoms with Crippen molar-refractivity contribution in [3.8, 4) is 0 Å². The van der Waals surface area contributed by atoms with E-state index in [1.54, 1.807) is 11.3 Å². The molecule has 0 aliphatic heterocycles. The number of alkyl halides is 1. The van der Waals surface area contributed by atoms with E-state index in [9.17, 15) is 0 Å². The maximum Gasteiger partial charge on any atom is 0.0963 e. The molecule has 1 aromatic rings. The molecule has 0 aliphatic carbocycles. The minimum atomic E-state index is 0.570. The van der Waals surface area contributed by atoms with Gasteiger partial charge in [0.05, 0.1) is 4.34 Å². The summed E-state index contributed by atoms with van der Waals surface area (Å²) < 4.78 is 0.869. The van der Waals surface area contributed by atoms with Gasteiger partial charge in [-0.3, -0.25) is 0 Å². The molecule has 0 saturated heterocycles. The molecule has 0 spiro atoms. The van der Waals surface area contributed by atoms with Crippen molar-refractivity contribution in [2.24, 2.45) is 0 Å². The van der Waals surface area contributed by atoms with Crippen molar-refractivity contribution in [1.29, 1.82) is 0 Å². The Morgan fingerprint density at radius 3 is 2.20 bits per heavy atom. The predicted octanol–water partition coefficient (Wildman–Crippen LogP) is 3.76. The monoisotopic (exact) mass is 194 g/mol. The number of aryl methyl sites for hydroxylation is 1. The summed E-state index contributed by atoms with van der Waals surface area (Å²) >= 11 is 13.2. The van der Waals surface area contributed by atoms with Crippen LogP contribution in [0.3, 0.4) is 0 Å². The molecule has 0 radical (unpaired) electrons. The SMILES string of the molecule is Cc1sc(Cl)c(C)c1CCl. The molecule has 56 valence electrons. The second kappa shape index (κ2) is 3.12. The first kappa shape index (κ1) is 8.38. The van der Waals surface area contributed by atoms with Gasteiger partial charge in [-0.2, -0.15) is 0 Å². The lowest BCUT2D eigenvalue weighted by atomic mass is 10.2. The summed E-state index contributed by atoms with van der Waals surface area (Å²) in [5, 5.41) is 0. The minimum absolute atomic E-state index is 0.570. The first-order chi connectivity index (χ1) is 4.66. The van der Waals surface area contributed by atoms with Crippen LogP contribution in [0.5, 0.6) is 0 Å². The van der Waals surface area contributed by atoms with Gasteiger partial charge in [-0.25, -0.2) is 0 Å². The van der Waals surface area contributed by atoms with Crippen LogP contribution in [0.15, 0.2) is 0 Å². The van der Waals surface area contributed by atoms with Crippen LogP contribution in [-0.2, 0) is 5.88 Å². The van der Waals surface area contributed by atoms with Gasteiger partial charge >= 0.3 is 0 Å². The van der Waals surface area contributed by atoms with Crippen LogP contribution in [0, 0.1) is 13.8 Å². The van der Waals surface area contributed by atoms with E-state index < -0.39 is 0 Å². The van der Waals surface area contributed by atoms with Crippen molar-refractivity contribution in [3.63, 3.8) is 0 Å². The van der Waals surface area contributed by atoms with Gasteiger partial charge in [0.2, 0.25) is 0 Å². The Kier molecular flexibility index (Phi) is 2.61. The minimum Gasteiger partial charge on any atom is -0.128 e. The van der Waals surface area contributed by atoms with Crippen molar-refractivity contribution in [2.75, 3.05) is 0 Å². The first-order valence-corrected chi connectivity index (χ1v) is 4.70. The zero-order valence-electron chi connectivity index (χ0n) is 5.87. The molecule has 0 atom stereocenters. The zero-order chi connectivity index (χ0) is 7.72. The Bertz CT molecular complexity index is 240. The van der Waals surface area contributed by atoms with Gasteiger partial charge in [0.15, 0.2) is 0 Å². The summed E-state index contributed by atoms with van der Waals surface area (Å²) in [5.41, 5.74) is 2.33. The number of thiophene rings is 1. The molecule has 10 heavy (non-hydrogen) atoms. The fraction of sp³-hybridized carbons (Fsp3) is 0.429. The number of hydrogen-bond acceptors (Lipinski definition) is 1. The Labute approximate surface area is 74.8 Å². The summed E-state index contributed by atoms with van der Waals surface area (Å²) in [6, 6.07) is 0. The molecule has 0 unspecified atom stereocenters. The molecule has 0 bridgehead atoms. The van der Waals surface area contributed by atoms with E-state index >= 15 is 0 Å². The second-order valence-corrected chi connectivity index (χ2v) is 4.26. The number of hydrogen-bond donors (Lipinski definition) is 0. The fourth-order valence-corrected chi connectivity index (χ4v) is 2.68. The Hall–Kier alpha value is 0.280. The van der Waals surface area contributed by atoms with Crippen molar-refractivity contribution < 1.29 is 0 Å². The molecule has 0 saturated carbocycles. The van der Waals surface area contributed by atoms with Crippen LogP contribution in [0.1, 0.15) is 16.0 Å². The van der Waals surface area contributed by atoms with Gasteiger partial charge in [-0.15, -0.1) is 22.9 Å². The van der Waals surface area contributed by atoms with Crippen LogP contribution in [0.25, 0.3) is 0 Å². The molecule has 0 aromatic carbocycles. The highest BCUT2D eigenvalue weighted by molar-refractivity contribution is 7.16. The van der Waals surface area contributed by atoms with E-state index in [0.29, 0.717) is 5.88 Å². The number of rotatable bonds is 1. The van der Waals surface area contributed by atoms with Crippen LogP contribution < -0.4 is 0 Å². The number of halogens is 2. The summed E-state index contributed by atoms with van der Waals surface area (Å²) in [5.74, 6) is 0.570. The lowest BCUT2D eigenvalue weighted by Gasteiger charge is -1.92. The topological polar surface area (TPSA) is 0 Å². The summed E-state index contributed by atoms with van der Waals surface area (Å²) in [6.45, 7) is 4.05. The maximum atomic E-state index is 5.87. The highest BCUT2D eigenvalue weighted by Gasteiger charge is 2.08. The third-order valence-corrected chi connectivity index (χ3v) is 3.37. The fourth-order valence-electron chi connectivity index (χ4n) is 0.850. The van der Waals surface area contributed by atoms with Gasteiger partial charge < -0.3 is 0 Å². The van der Waals surface area contributed by atoms with Crippen molar-refractivity contribution in [2.45, 2.75) is 19.7 Å². The molecule has 1 aromatic heterocycles. The third-order valence-electron chi connectivity index (χ3n) is 1.55. The normalized spacial score (nSPS) is 10.4. The highest BCUT2D eigenvalue weighted by Crippen LogP contribution is 2.32. The van der Waals surface area contributed by atoms with E-state index in [2.05, 4.69) is 0 Å². The van der Waals surface area contributed by atoms with Crippen LogP contribution in [0.2, 0.25) is 4.34 Å². The van der Waals surface area contributed by atoms with Crippen LogP contribution in [-0.4, -0.2) is 0 Å². The molecule has 0 amide bonds. The molecule has 3 heteroatoms. The standard InChI is InChI=1S/C7H8Cl2S/c1-4-6(3-8)5(2)10-7(4)9/h3H2,1-2H3. The largest absolute Gasteiger partial charge is 0.128 e. The highest BCUT2D eigenvalue weighted by atomic mass is 35.5. The molecule has 1 rings (SSSR count). The summed E-state index contributed by atoms with van der Waals surface area (Å²) in [7, 11) is 0. The Morgan fingerprint density at radius 2 is 2.00 bits per heavy atom. The van der Waals surface area contributed by atoms with E-state index in [0.717, 1.165) is 9.90 Å². The molecule has 0 aliphatic rings. The molecule has 0 fully saturated rings. The van der Waals surface area contributed by atoms with Gasteiger partial charge in [0.1, 0.15) is 0 Å². The second-order valence-electron chi connectivity index (χ2n) is 2.17. The van der Waals surface area contributed by atoms with Crippen molar-refractivity contribution >= 4 is 34.5 Å². The predicted molar refractivity (Wildman–Crippen MR) is 48.4 cm³/mol. The molecule has 0 N–H and O–H groups in total. The average molecular weight is 195 g/mol. The Morgan fingerprint density at radius 1 is 1.40 bits per heavy atom. The lowest BCUT2D eigenvalue weighted by molar-refractivity contribution is 1.31. The van der Waals surface area contributed by atoms with Crippen LogP contribution >= 0.6 is 34.5 Å². The summed E-state index contributed by atoms with van der Waals surface area (Å²) in [4.78, 5) is 1.23.